The Labute approximate surface area is 167 Å². The molecule has 0 bridgehead atoms. The lowest BCUT2D eigenvalue weighted by Gasteiger charge is -2.44. The molecule has 0 radical (unpaired) electrons. The van der Waals surface area contributed by atoms with Crippen molar-refractivity contribution in [2.24, 2.45) is 5.41 Å². The maximum absolute atomic E-state index is 13.2. The highest BCUT2D eigenvalue weighted by Gasteiger charge is 2.40. The second-order valence-corrected chi connectivity index (χ2v) is 8.58. The van der Waals surface area contributed by atoms with Crippen LogP contribution in [0, 0.1) is 5.41 Å². The molecule has 1 aromatic heterocycles. The van der Waals surface area contributed by atoms with Gasteiger partial charge in [0.2, 0.25) is 0 Å². The molecule has 2 aromatic rings. The van der Waals surface area contributed by atoms with E-state index in [4.69, 9.17) is 4.74 Å². The summed E-state index contributed by atoms with van der Waals surface area (Å²) in [5.74, 6) is 0.137. The van der Waals surface area contributed by atoms with Crippen molar-refractivity contribution in [2.75, 3.05) is 39.4 Å². The monoisotopic (exact) mass is 381 g/mol. The van der Waals surface area contributed by atoms with E-state index in [0.717, 1.165) is 63.5 Å². The first kappa shape index (κ1) is 19.2. The number of likely N-dealkylation sites (tertiary alicyclic amines) is 1. The number of rotatable bonds is 3. The first-order valence-electron chi connectivity index (χ1n) is 10.4. The highest BCUT2D eigenvalue weighted by Crippen LogP contribution is 2.34. The van der Waals surface area contributed by atoms with E-state index in [1.807, 2.05) is 58.3 Å². The van der Waals surface area contributed by atoms with E-state index in [0.29, 0.717) is 6.04 Å². The molecule has 150 valence electrons. The van der Waals surface area contributed by atoms with Gasteiger partial charge in [-0.15, -0.1) is 0 Å². The minimum absolute atomic E-state index is 0.0553. The zero-order valence-corrected chi connectivity index (χ0v) is 17.0. The Hall–Kier alpha value is -2.11. The maximum atomic E-state index is 13.2. The van der Waals surface area contributed by atoms with Crippen LogP contribution < -0.4 is 0 Å². The Morgan fingerprint density at radius 3 is 2.54 bits per heavy atom. The number of hydrogen-bond donors (Lipinski definition) is 0. The van der Waals surface area contributed by atoms with Crippen molar-refractivity contribution in [2.45, 2.75) is 32.7 Å². The predicted molar refractivity (Wildman–Crippen MR) is 111 cm³/mol. The summed E-state index contributed by atoms with van der Waals surface area (Å²) in [6, 6.07) is 12.4. The molecule has 2 aliphatic heterocycles. The van der Waals surface area contributed by atoms with Crippen LogP contribution in [0.3, 0.4) is 0 Å². The van der Waals surface area contributed by atoms with Crippen molar-refractivity contribution < 1.29 is 9.53 Å². The van der Waals surface area contributed by atoms with Gasteiger partial charge in [-0.25, -0.2) is 0 Å². The number of aromatic nitrogens is 1. The Bertz CT molecular complexity index is 785. The van der Waals surface area contributed by atoms with Crippen LogP contribution in [0.1, 0.15) is 37.0 Å². The van der Waals surface area contributed by atoms with Crippen LogP contribution >= 0.6 is 0 Å². The van der Waals surface area contributed by atoms with Gasteiger partial charge in [0.25, 0.3) is 5.91 Å². The van der Waals surface area contributed by atoms with Gasteiger partial charge in [0.1, 0.15) is 0 Å². The molecule has 0 aliphatic carbocycles. The molecule has 1 amide bonds. The molecule has 0 N–H and O–H groups in total. The number of carbonyl (C=O) groups excluding carboxylic acids is 1. The number of amides is 1. The molecular weight excluding hydrogens is 350 g/mol. The van der Waals surface area contributed by atoms with Crippen molar-refractivity contribution in [3.05, 3.63) is 54.4 Å². The Kier molecular flexibility index (Phi) is 5.56. The lowest BCUT2D eigenvalue weighted by Crippen LogP contribution is -2.53. The largest absolute Gasteiger partial charge is 0.379 e. The molecule has 2 fully saturated rings. The van der Waals surface area contributed by atoms with Gasteiger partial charge in [-0.3, -0.25) is 9.69 Å². The second-order valence-electron chi connectivity index (χ2n) is 8.58. The molecule has 4 rings (SSSR count). The fourth-order valence-corrected chi connectivity index (χ4v) is 4.56. The van der Waals surface area contributed by atoms with Gasteiger partial charge in [-0.1, -0.05) is 0 Å². The molecular formula is C23H31N3O2. The standard InChI is InChI=1S/C23H31N3O2/c1-19(2)25-14-15-28-18-23(16-25)10-5-13-26(17-23)22(27)20-6-8-21(9-7-20)24-11-3-4-12-24/h3-4,6-9,11-12,19H,5,10,13-18H2,1-2H3/t23-/m0/s1. The first-order valence-corrected chi connectivity index (χ1v) is 10.4. The summed E-state index contributed by atoms with van der Waals surface area (Å²) in [4.78, 5) is 17.7. The Morgan fingerprint density at radius 1 is 1.07 bits per heavy atom. The van der Waals surface area contributed by atoms with Gasteiger partial charge in [0, 0.05) is 61.3 Å². The summed E-state index contributed by atoms with van der Waals surface area (Å²) in [6.07, 6.45) is 6.20. The van der Waals surface area contributed by atoms with Crippen LogP contribution in [0.2, 0.25) is 0 Å². The summed E-state index contributed by atoms with van der Waals surface area (Å²) in [5.41, 5.74) is 1.89. The van der Waals surface area contributed by atoms with Gasteiger partial charge >= 0.3 is 0 Å². The summed E-state index contributed by atoms with van der Waals surface area (Å²) >= 11 is 0. The van der Waals surface area contributed by atoms with E-state index in [1.165, 1.54) is 0 Å². The van der Waals surface area contributed by atoms with E-state index >= 15 is 0 Å². The van der Waals surface area contributed by atoms with Gasteiger partial charge < -0.3 is 14.2 Å². The van der Waals surface area contributed by atoms with Crippen molar-refractivity contribution in [3.8, 4) is 5.69 Å². The molecule has 1 atom stereocenters. The average Bonchev–Trinajstić information content (AvgIpc) is 3.17. The van der Waals surface area contributed by atoms with E-state index in [-0.39, 0.29) is 11.3 Å². The summed E-state index contributed by atoms with van der Waals surface area (Å²) in [7, 11) is 0. The Balaban J connectivity index is 1.48. The predicted octanol–water partition coefficient (Wildman–Crippen LogP) is 3.44. The zero-order valence-electron chi connectivity index (χ0n) is 17.0. The van der Waals surface area contributed by atoms with Crippen molar-refractivity contribution in [3.63, 3.8) is 0 Å². The molecule has 1 aromatic carbocycles. The highest BCUT2D eigenvalue weighted by molar-refractivity contribution is 5.94. The zero-order chi connectivity index (χ0) is 19.6. The van der Waals surface area contributed by atoms with Gasteiger partial charge in [0.05, 0.1) is 13.2 Å². The van der Waals surface area contributed by atoms with E-state index < -0.39 is 0 Å². The number of piperidine rings is 1. The summed E-state index contributed by atoms with van der Waals surface area (Å²) in [6.45, 7) is 9.65. The second kappa shape index (κ2) is 8.10. The van der Waals surface area contributed by atoms with Crippen LogP contribution in [0.25, 0.3) is 5.69 Å². The van der Waals surface area contributed by atoms with Crippen LogP contribution in [-0.4, -0.2) is 65.7 Å². The van der Waals surface area contributed by atoms with Crippen LogP contribution in [0.5, 0.6) is 0 Å². The molecule has 3 heterocycles. The maximum Gasteiger partial charge on any atom is 0.253 e. The third-order valence-corrected chi connectivity index (χ3v) is 6.17. The average molecular weight is 382 g/mol. The number of hydrogen-bond acceptors (Lipinski definition) is 3. The van der Waals surface area contributed by atoms with Crippen LogP contribution in [0.15, 0.2) is 48.8 Å². The summed E-state index contributed by atoms with van der Waals surface area (Å²) in [5, 5.41) is 0. The molecule has 5 heteroatoms. The number of nitrogens with zero attached hydrogens (tertiary/aromatic N) is 3. The fourth-order valence-electron chi connectivity index (χ4n) is 4.56. The number of carbonyl (C=O) groups is 1. The normalized spacial score (nSPS) is 23.9. The first-order chi connectivity index (χ1) is 13.6. The number of benzene rings is 1. The number of ether oxygens (including phenoxy) is 1. The lowest BCUT2D eigenvalue weighted by atomic mass is 9.79. The summed E-state index contributed by atoms with van der Waals surface area (Å²) < 4.78 is 8.03. The third-order valence-electron chi connectivity index (χ3n) is 6.17. The van der Waals surface area contributed by atoms with Crippen LogP contribution in [-0.2, 0) is 4.74 Å². The molecule has 0 saturated carbocycles. The fraction of sp³-hybridized carbons (Fsp3) is 0.522. The van der Waals surface area contributed by atoms with Gasteiger partial charge in [0.15, 0.2) is 0 Å². The van der Waals surface area contributed by atoms with Crippen molar-refractivity contribution in [1.82, 2.24) is 14.4 Å². The molecule has 2 saturated heterocycles. The topological polar surface area (TPSA) is 37.7 Å². The minimum Gasteiger partial charge on any atom is -0.379 e. The molecule has 0 unspecified atom stereocenters. The lowest BCUT2D eigenvalue weighted by molar-refractivity contribution is 0.00573. The van der Waals surface area contributed by atoms with Crippen molar-refractivity contribution in [1.29, 1.82) is 0 Å². The van der Waals surface area contributed by atoms with Crippen molar-refractivity contribution >= 4 is 5.91 Å². The minimum atomic E-state index is 0.0553. The van der Waals surface area contributed by atoms with E-state index in [1.54, 1.807) is 0 Å². The van der Waals surface area contributed by atoms with Gasteiger partial charge in [-0.2, -0.15) is 0 Å². The smallest absolute Gasteiger partial charge is 0.253 e. The highest BCUT2D eigenvalue weighted by atomic mass is 16.5. The Morgan fingerprint density at radius 2 is 1.82 bits per heavy atom. The van der Waals surface area contributed by atoms with Crippen LogP contribution in [0.4, 0.5) is 0 Å². The van der Waals surface area contributed by atoms with E-state index in [2.05, 4.69) is 18.7 Å². The van der Waals surface area contributed by atoms with E-state index in [9.17, 15) is 4.79 Å². The third kappa shape index (κ3) is 4.01. The van der Waals surface area contributed by atoms with Gasteiger partial charge in [-0.05, 0) is 63.1 Å². The SMILES string of the molecule is CC(C)N1CCOC[C@@]2(CCCN(C(=O)c3ccc(-n4cccc4)cc3)C2)C1. The molecule has 28 heavy (non-hydrogen) atoms. The quantitative estimate of drug-likeness (QED) is 0.817. The molecule has 5 nitrogen and oxygen atoms in total. The molecule has 2 aliphatic rings. The molecule has 1 spiro atoms.